The predicted molar refractivity (Wildman–Crippen MR) is 88.7 cm³/mol. The molecule has 1 saturated carbocycles. The summed E-state index contributed by atoms with van der Waals surface area (Å²) >= 11 is 0. The number of carbonyl (C=O) groups excluding carboxylic acids is 2. The molecule has 2 atom stereocenters. The molecule has 1 aromatic carbocycles. The molecule has 0 heterocycles. The van der Waals surface area contributed by atoms with E-state index >= 15 is 0 Å². The van der Waals surface area contributed by atoms with Gasteiger partial charge in [0, 0.05) is 12.2 Å². The molecular formula is C18H26N2O2. The number of anilines is 1. The molecule has 2 rings (SSSR count). The summed E-state index contributed by atoms with van der Waals surface area (Å²) < 4.78 is 0. The standard InChI is InChI=1S/C18H26N2O2/c1-4-5-10-19-17(21)15-11-16(15)18(22)20-14-8-6-13(7-9-14)12(2)3/h6-9,12,15-16H,4-5,10-11H2,1-3H3,(H,19,21)(H,20,22). The van der Waals surface area contributed by atoms with Gasteiger partial charge in [-0.3, -0.25) is 9.59 Å². The first-order chi connectivity index (χ1) is 10.5. The second kappa shape index (κ2) is 7.43. The fourth-order valence-electron chi connectivity index (χ4n) is 2.48. The molecule has 1 aliphatic carbocycles. The zero-order chi connectivity index (χ0) is 16.1. The Hall–Kier alpha value is -1.84. The highest BCUT2D eigenvalue weighted by Crippen LogP contribution is 2.39. The molecule has 2 amide bonds. The summed E-state index contributed by atoms with van der Waals surface area (Å²) in [5.74, 6) is 0.124. The van der Waals surface area contributed by atoms with Crippen molar-refractivity contribution in [1.82, 2.24) is 5.32 Å². The fraction of sp³-hybridized carbons (Fsp3) is 0.556. The summed E-state index contributed by atoms with van der Waals surface area (Å²) in [6.45, 7) is 7.07. The first kappa shape index (κ1) is 16.5. The van der Waals surface area contributed by atoms with E-state index in [9.17, 15) is 9.59 Å². The van der Waals surface area contributed by atoms with Gasteiger partial charge in [0.25, 0.3) is 0 Å². The van der Waals surface area contributed by atoms with Crippen molar-refractivity contribution in [3.63, 3.8) is 0 Å². The van der Waals surface area contributed by atoms with Crippen LogP contribution in [0.5, 0.6) is 0 Å². The van der Waals surface area contributed by atoms with Crippen LogP contribution < -0.4 is 10.6 Å². The van der Waals surface area contributed by atoms with Gasteiger partial charge in [0.15, 0.2) is 0 Å². The zero-order valence-electron chi connectivity index (χ0n) is 13.7. The van der Waals surface area contributed by atoms with Crippen molar-refractivity contribution in [2.75, 3.05) is 11.9 Å². The van der Waals surface area contributed by atoms with Crippen molar-refractivity contribution in [2.45, 2.75) is 46.0 Å². The number of amides is 2. The van der Waals surface area contributed by atoms with Crippen molar-refractivity contribution in [3.8, 4) is 0 Å². The van der Waals surface area contributed by atoms with Crippen LogP contribution in [0.2, 0.25) is 0 Å². The number of benzene rings is 1. The largest absolute Gasteiger partial charge is 0.356 e. The Kier molecular flexibility index (Phi) is 5.58. The molecule has 120 valence electrons. The third-order valence-corrected chi connectivity index (χ3v) is 4.14. The second-order valence-electron chi connectivity index (χ2n) is 6.36. The maximum absolute atomic E-state index is 12.1. The molecule has 2 N–H and O–H groups in total. The summed E-state index contributed by atoms with van der Waals surface area (Å²) in [7, 11) is 0. The Balaban J connectivity index is 1.80. The molecule has 0 saturated heterocycles. The van der Waals surface area contributed by atoms with Crippen molar-refractivity contribution < 1.29 is 9.59 Å². The molecule has 0 radical (unpaired) electrons. The van der Waals surface area contributed by atoms with Crippen LogP contribution in [0.1, 0.15) is 51.5 Å². The van der Waals surface area contributed by atoms with Gasteiger partial charge in [0.2, 0.25) is 11.8 Å². The average molecular weight is 302 g/mol. The number of hydrogen-bond donors (Lipinski definition) is 2. The summed E-state index contributed by atoms with van der Waals surface area (Å²) in [6.07, 6.45) is 2.70. The van der Waals surface area contributed by atoms with Gasteiger partial charge in [-0.1, -0.05) is 39.3 Å². The van der Waals surface area contributed by atoms with E-state index in [1.165, 1.54) is 5.56 Å². The Labute approximate surface area is 132 Å². The molecular weight excluding hydrogens is 276 g/mol. The fourth-order valence-corrected chi connectivity index (χ4v) is 2.48. The number of hydrogen-bond acceptors (Lipinski definition) is 2. The third-order valence-electron chi connectivity index (χ3n) is 4.14. The molecule has 0 bridgehead atoms. The SMILES string of the molecule is CCCCNC(=O)C1CC1C(=O)Nc1ccc(C(C)C)cc1. The molecule has 4 heteroatoms. The van der Waals surface area contributed by atoms with Gasteiger partial charge in [-0.25, -0.2) is 0 Å². The smallest absolute Gasteiger partial charge is 0.228 e. The molecule has 0 aliphatic heterocycles. The van der Waals surface area contributed by atoms with Crippen LogP contribution in [0.4, 0.5) is 5.69 Å². The van der Waals surface area contributed by atoms with E-state index in [4.69, 9.17) is 0 Å². The minimum absolute atomic E-state index is 0.0174. The van der Waals surface area contributed by atoms with E-state index in [0.29, 0.717) is 18.9 Å². The van der Waals surface area contributed by atoms with Crippen molar-refractivity contribution in [1.29, 1.82) is 0 Å². The van der Waals surface area contributed by atoms with Crippen molar-refractivity contribution in [3.05, 3.63) is 29.8 Å². The summed E-state index contributed by atoms with van der Waals surface area (Å²) in [5.41, 5.74) is 2.05. The van der Waals surface area contributed by atoms with Gasteiger partial charge in [-0.15, -0.1) is 0 Å². The van der Waals surface area contributed by atoms with Crippen LogP contribution in [0.25, 0.3) is 0 Å². The van der Waals surface area contributed by atoms with E-state index in [-0.39, 0.29) is 23.7 Å². The number of rotatable bonds is 7. The maximum Gasteiger partial charge on any atom is 0.228 e. The topological polar surface area (TPSA) is 58.2 Å². The molecule has 1 aliphatic rings. The highest BCUT2D eigenvalue weighted by atomic mass is 16.2. The average Bonchev–Trinajstić information content (AvgIpc) is 3.28. The quantitative estimate of drug-likeness (QED) is 0.759. The lowest BCUT2D eigenvalue weighted by molar-refractivity contribution is -0.125. The molecule has 1 aromatic rings. The van der Waals surface area contributed by atoms with Crippen LogP contribution in [-0.4, -0.2) is 18.4 Å². The number of nitrogens with one attached hydrogen (secondary N) is 2. The van der Waals surface area contributed by atoms with E-state index in [1.54, 1.807) is 0 Å². The van der Waals surface area contributed by atoms with Crippen LogP contribution in [0.15, 0.2) is 24.3 Å². The summed E-state index contributed by atoms with van der Waals surface area (Å²) in [5, 5.41) is 5.80. The molecule has 22 heavy (non-hydrogen) atoms. The third kappa shape index (κ3) is 4.33. The Morgan fingerprint density at radius 3 is 2.36 bits per heavy atom. The van der Waals surface area contributed by atoms with Crippen molar-refractivity contribution in [2.24, 2.45) is 11.8 Å². The van der Waals surface area contributed by atoms with Crippen LogP contribution in [0, 0.1) is 11.8 Å². The lowest BCUT2D eigenvalue weighted by Gasteiger charge is -2.08. The normalized spacial score (nSPS) is 19.8. The number of unbranched alkanes of at least 4 members (excludes halogenated alkanes) is 1. The Bertz CT molecular complexity index is 522. The first-order valence-corrected chi connectivity index (χ1v) is 8.21. The predicted octanol–water partition coefficient (Wildman–Crippen LogP) is 3.30. The zero-order valence-corrected chi connectivity index (χ0v) is 13.7. The Morgan fingerprint density at radius 2 is 1.77 bits per heavy atom. The van der Waals surface area contributed by atoms with Crippen LogP contribution in [0.3, 0.4) is 0 Å². The van der Waals surface area contributed by atoms with Gasteiger partial charge in [-0.05, 0) is 36.5 Å². The van der Waals surface area contributed by atoms with Gasteiger partial charge in [-0.2, -0.15) is 0 Å². The van der Waals surface area contributed by atoms with E-state index in [2.05, 4.69) is 31.4 Å². The van der Waals surface area contributed by atoms with Gasteiger partial charge >= 0.3 is 0 Å². The summed E-state index contributed by atoms with van der Waals surface area (Å²) in [4.78, 5) is 24.0. The lowest BCUT2D eigenvalue weighted by Crippen LogP contribution is -2.28. The highest BCUT2D eigenvalue weighted by molar-refractivity contribution is 5.99. The Morgan fingerprint density at radius 1 is 1.14 bits per heavy atom. The van der Waals surface area contributed by atoms with Crippen LogP contribution >= 0.6 is 0 Å². The van der Waals surface area contributed by atoms with Crippen LogP contribution in [-0.2, 0) is 9.59 Å². The highest BCUT2D eigenvalue weighted by Gasteiger charge is 2.47. The molecule has 0 aromatic heterocycles. The minimum Gasteiger partial charge on any atom is -0.356 e. The van der Waals surface area contributed by atoms with E-state index in [0.717, 1.165) is 18.5 Å². The number of carbonyl (C=O) groups is 2. The minimum atomic E-state index is -0.175. The van der Waals surface area contributed by atoms with Gasteiger partial charge in [0.05, 0.1) is 11.8 Å². The molecule has 4 nitrogen and oxygen atoms in total. The second-order valence-corrected chi connectivity index (χ2v) is 6.36. The molecule has 0 spiro atoms. The molecule has 1 fully saturated rings. The van der Waals surface area contributed by atoms with Gasteiger partial charge in [0.1, 0.15) is 0 Å². The summed E-state index contributed by atoms with van der Waals surface area (Å²) in [6, 6.07) is 7.90. The first-order valence-electron chi connectivity index (χ1n) is 8.21. The van der Waals surface area contributed by atoms with Gasteiger partial charge < -0.3 is 10.6 Å². The monoisotopic (exact) mass is 302 g/mol. The molecule has 2 unspecified atom stereocenters. The van der Waals surface area contributed by atoms with E-state index in [1.807, 2.05) is 24.3 Å². The lowest BCUT2D eigenvalue weighted by atomic mass is 10.0. The van der Waals surface area contributed by atoms with Crippen molar-refractivity contribution >= 4 is 17.5 Å². The maximum atomic E-state index is 12.1. The van der Waals surface area contributed by atoms with E-state index < -0.39 is 0 Å².